The van der Waals surface area contributed by atoms with E-state index in [-0.39, 0.29) is 22.7 Å². The maximum Gasteiger partial charge on any atom is 0.335 e. The number of thiazole rings is 1. The third-order valence-corrected chi connectivity index (χ3v) is 4.42. The molecule has 2 N–H and O–H groups in total. The lowest BCUT2D eigenvalue weighted by atomic mass is 10.1. The van der Waals surface area contributed by atoms with Gasteiger partial charge in [-0.2, -0.15) is 0 Å². The summed E-state index contributed by atoms with van der Waals surface area (Å²) in [5.41, 5.74) is 0.731. The number of nitrogens with zero attached hydrogens (tertiary/aromatic N) is 1. The quantitative estimate of drug-likeness (QED) is 0.775. The highest BCUT2D eigenvalue weighted by atomic mass is 32.1. The topological polar surface area (TPSA) is 107 Å². The number of hydrogen-bond donors (Lipinski definition) is 2. The molecule has 0 spiro atoms. The Morgan fingerprint density at radius 2 is 1.96 bits per heavy atom. The molecule has 8 nitrogen and oxygen atoms in total. The highest BCUT2D eigenvalue weighted by molar-refractivity contribution is 7.13. The first kappa shape index (κ1) is 18.7. The molecule has 0 aliphatic carbocycles. The molecule has 0 radical (unpaired) electrons. The number of benzene rings is 1. The van der Waals surface area contributed by atoms with E-state index in [1.54, 1.807) is 14.0 Å². The van der Waals surface area contributed by atoms with Crippen LogP contribution in [0.4, 0.5) is 5.69 Å². The van der Waals surface area contributed by atoms with Crippen molar-refractivity contribution < 1.29 is 28.9 Å². The number of carboxylic acids is 1. The maximum absolute atomic E-state index is 12.6. The molecule has 0 atom stereocenters. The Balaban J connectivity index is 2.39. The van der Waals surface area contributed by atoms with Crippen LogP contribution in [-0.4, -0.2) is 43.3 Å². The van der Waals surface area contributed by atoms with Crippen molar-refractivity contribution in [1.29, 1.82) is 0 Å². The van der Waals surface area contributed by atoms with Gasteiger partial charge in [0.1, 0.15) is 9.88 Å². The van der Waals surface area contributed by atoms with E-state index in [0.29, 0.717) is 22.2 Å². The molecule has 2 aromatic rings. The van der Waals surface area contributed by atoms with Crippen molar-refractivity contribution in [3.05, 3.63) is 33.3 Å². The van der Waals surface area contributed by atoms with E-state index in [1.807, 2.05) is 0 Å². The number of carboxylic acid groups (broad SMARTS) is 1. The zero-order valence-corrected chi connectivity index (χ0v) is 15.0. The van der Waals surface area contributed by atoms with Crippen LogP contribution in [-0.2, 0) is 11.3 Å². The average molecular weight is 366 g/mol. The fourth-order valence-corrected chi connectivity index (χ4v) is 3.14. The van der Waals surface area contributed by atoms with E-state index in [2.05, 4.69) is 10.3 Å². The van der Waals surface area contributed by atoms with Gasteiger partial charge in [0.2, 0.25) is 0 Å². The van der Waals surface area contributed by atoms with Crippen molar-refractivity contribution in [3.8, 4) is 11.5 Å². The smallest absolute Gasteiger partial charge is 0.335 e. The van der Waals surface area contributed by atoms with E-state index in [9.17, 15) is 14.7 Å². The second-order valence-corrected chi connectivity index (χ2v) is 6.06. The second kappa shape index (κ2) is 7.95. The minimum absolute atomic E-state index is 0.0333. The highest BCUT2D eigenvalue weighted by Gasteiger charge is 2.21. The molecule has 2 rings (SSSR count). The number of anilines is 1. The van der Waals surface area contributed by atoms with Crippen molar-refractivity contribution in [2.24, 2.45) is 0 Å². The van der Waals surface area contributed by atoms with E-state index < -0.39 is 11.9 Å². The minimum Gasteiger partial charge on any atom is -0.493 e. The number of aromatic nitrogens is 1. The van der Waals surface area contributed by atoms with Crippen LogP contribution in [0, 0.1) is 6.92 Å². The normalized spacial score (nSPS) is 10.4. The van der Waals surface area contributed by atoms with E-state index in [0.717, 1.165) is 0 Å². The Kier molecular flexibility index (Phi) is 5.94. The van der Waals surface area contributed by atoms with Gasteiger partial charge in [-0.1, -0.05) is 0 Å². The summed E-state index contributed by atoms with van der Waals surface area (Å²) in [6, 6.07) is 2.64. The summed E-state index contributed by atoms with van der Waals surface area (Å²) in [6.45, 7) is 2.03. The van der Waals surface area contributed by atoms with Gasteiger partial charge >= 0.3 is 5.97 Å². The molecule has 0 aliphatic rings. The van der Waals surface area contributed by atoms with Crippen LogP contribution in [0.25, 0.3) is 0 Å². The zero-order chi connectivity index (χ0) is 18.6. The van der Waals surface area contributed by atoms with Crippen molar-refractivity contribution >= 4 is 28.9 Å². The highest BCUT2D eigenvalue weighted by Crippen LogP contribution is 2.37. The third-order valence-electron chi connectivity index (χ3n) is 3.29. The predicted octanol–water partition coefficient (Wildman–Crippen LogP) is 2.57. The molecule has 134 valence electrons. The van der Waals surface area contributed by atoms with Crippen molar-refractivity contribution in [2.45, 2.75) is 13.5 Å². The van der Waals surface area contributed by atoms with Gasteiger partial charge in [0.25, 0.3) is 5.91 Å². The number of hydrogen-bond acceptors (Lipinski definition) is 7. The third kappa shape index (κ3) is 4.06. The molecule has 0 unspecified atom stereocenters. The van der Waals surface area contributed by atoms with Crippen LogP contribution in [0.5, 0.6) is 11.5 Å². The first-order valence-electron chi connectivity index (χ1n) is 7.17. The Labute approximate surface area is 148 Å². The molecule has 0 saturated carbocycles. The molecule has 1 amide bonds. The van der Waals surface area contributed by atoms with Crippen molar-refractivity contribution in [3.63, 3.8) is 0 Å². The zero-order valence-electron chi connectivity index (χ0n) is 14.2. The summed E-state index contributed by atoms with van der Waals surface area (Å²) >= 11 is 1.21. The summed E-state index contributed by atoms with van der Waals surface area (Å²) in [7, 11) is 4.34. The molecule has 9 heteroatoms. The van der Waals surface area contributed by atoms with Crippen LogP contribution in [0.1, 0.15) is 30.7 Å². The lowest BCUT2D eigenvalue weighted by Gasteiger charge is -2.14. The second-order valence-electron chi connectivity index (χ2n) is 4.97. The Morgan fingerprint density at radius 3 is 2.52 bits per heavy atom. The van der Waals surface area contributed by atoms with Crippen LogP contribution >= 0.6 is 11.3 Å². The molecule has 0 bridgehead atoms. The van der Waals surface area contributed by atoms with Gasteiger partial charge in [-0.3, -0.25) is 4.79 Å². The summed E-state index contributed by atoms with van der Waals surface area (Å²) < 4.78 is 15.4. The fourth-order valence-electron chi connectivity index (χ4n) is 2.21. The molecule has 0 saturated heterocycles. The maximum atomic E-state index is 12.6. The van der Waals surface area contributed by atoms with Crippen LogP contribution in [0.2, 0.25) is 0 Å². The van der Waals surface area contributed by atoms with Crippen LogP contribution < -0.4 is 14.8 Å². The predicted molar refractivity (Wildman–Crippen MR) is 92.0 cm³/mol. The fraction of sp³-hybridized carbons (Fsp3) is 0.312. The molecule has 1 aromatic carbocycles. The number of ether oxygens (including phenoxy) is 3. The molecule has 25 heavy (non-hydrogen) atoms. The molecular formula is C16H18N2O6S. The largest absolute Gasteiger partial charge is 0.493 e. The van der Waals surface area contributed by atoms with Crippen LogP contribution in [0.3, 0.4) is 0 Å². The van der Waals surface area contributed by atoms with Gasteiger partial charge < -0.3 is 24.6 Å². The molecular weight excluding hydrogens is 348 g/mol. The number of rotatable bonds is 7. The SMILES string of the molecule is COCc1nc(C)c(C(=O)Nc2cc(C(=O)O)cc(OC)c2OC)s1. The van der Waals surface area contributed by atoms with Gasteiger partial charge in [-0.15, -0.1) is 11.3 Å². The number of carbonyl (C=O) groups is 2. The lowest BCUT2D eigenvalue weighted by molar-refractivity contribution is 0.0696. The molecule has 1 heterocycles. The Morgan fingerprint density at radius 1 is 1.24 bits per heavy atom. The summed E-state index contributed by atoms with van der Waals surface area (Å²) in [5.74, 6) is -1.12. The van der Waals surface area contributed by atoms with Crippen LogP contribution in [0.15, 0.2) is 12.1 Å². The monoisotopic (exact) mass is 366 g/mol. The van der Waals surface area contributed by atoms with E-state index in [4.69, 9.17) is 14.2 Å². The lowest BCUT2D eigenvalue weighted by Crippen LogP contribution is -2.13. The number of nitrogens with one attached hydrogen (secondary N) is 1. The van der Waals surface area contributed by atoms with Gasteiger partial charge in [0.15, 0.2) is 11.5 Å². The minimum atomic E-state index is -1.15. The summed E-state index contributed by atoms with van der Waals surface area (Å²) in [6.07, 6.45) is 0. The Bertz CT molecular complexity index is 802. The number of carbonyl (C=O) groups excluding carboxylic acids is 1. The van der Waals surface area contributed by atoms with Gasteiger partial charge in [0, 0.05) is 7.11 Å². The average Bonchev–Trinajstić information content (AvgIpc) is 2.94. The number of methoxy groups -OCH3 is 3. The van der Waals surface area contributed by atoms with Crippen molar-refractivity contribution in [2.75, 3.05) is 26.6 Å². The summed E-state index contributed by atoms with van der Waals surface area (Å²) in [4.78, 5) is 28.5. The van der Waals surface area contributed by atoms with Gasteiger partial charge in [-0.05, 0) is 19.1 Å². The number of aryl methyl sites for hydroxylation is 1. The Hall–Kier alpha value is -2.65. The molecule has 1 aromatic heterocycles. The first-order valence-corrected chi connectivity index (χ1v) is 7.98. The standard InChI is InChI=1S/C16H18N2O6S/c1-8-14(25-12(17-8)7-22-2)15(19)18-10-5-9(16(20)21)6-11(23-3)13(10)24-4/h5-6H,7H2,1-4H3,(H,18,19)(H,20,21). The summed E-state index contributed by atoms with van der Waals surface area (Å²) in [5, 5.41) is 12.6. The van der Waals surface area contributed by atoms with E-state index in [1.165, 1.54) is 37.7 Å². The molecule has 0 fully saturated rings. The van der Waals surface area contributed by atoms with Gasteiger partial charge in [-0.25, -0.2) is 9.78 Å². The van der Waals surface area contributed by atoms with Crippen molar-refractivity contribution in [1.82, 2.24) is 4.98 Å². The number of aromatic carboxylic acids is 1. The van der Waals surface area contributed by atoms with Gasteiger partial charge in [0.05, 0.1) is 37.8 Å². The first-order chi connectivity index (χ1) is 11.9. The number of amides is 1. The molecule has 0 aliphatic heterocycles. The van der Waals surface area contributed by atoms with E-state index >= 15 is 0 Å².